The monoisotopic (exact) mass is 406 g/mol. The molecule has 0 bridgehead atoms. The zero-order chi connectivity index (χ0) is 17.5. The van der Waals surface area contributed by atoms with Crippen LogP contribution >= 0.6 is 15.9 Å². The number of ether oxygens (including phenoxy) is 1. The van der Waals surface area contributed by atoms with Gasteiger partial charge in [-0.05, 0) is 32.0 Å². The predicted molar refractivity (Wildman–Crippen MR) is 88.2 cm³/mol. The Balaban J connectivity index is 2.38. The lowest BCUT2D eigenvalue weighted by Gasteiger charge is -2.09. The third-order valence-electron chi connectivity index (χ3n) is 2.55. The molecule has 0 atom stereocenters. The van der Waals surface area contributed by atoms with Crippen molar-refractivity contribution in [2.75, 3.05) is 13.1 Å². The minimum absolute atomic E-state index is 0.0695. The summed E-state index contributed by atoms with van der Waals surface area (Å²) in [6.45, 7) is 3.10. The summed E-state index contributed by atoms with van der Waals surface area (Å²) in [4.78, 5) is 22.9. The molecule has 9 heteroatoms. The maximum atomic E-state index is 12.0. The third kappa shape index (κ3) is 7.58. The molecule has 128 valence electrons. The van der Waals surface area contributed by atoms with Crippen LogP contribution in [-0.2, 0) is 24.3 Å². The second-order valence-electron chi connectivity index (χ2n) is 4.92. The van der Waals surface area contributed by atoms with Gasteiger partial charge in [-0.25, -0.2) is 13.1 Å². The van der Waals surface area contributed by atoms with E-state index in [0.29, 0.717) is 4.47 Å². The maximum Gasteiger partial charge on any atom is 0.325 e. The van der Waals surface area contributed by atoms with E-state index in [1.54, 1.807) is 26.0 Å². The zero-order valence-corrected chi connectivity index (χ0v) is 15.2. The lowest BCUT2D eigenvalue weighted by Crippen LogP contribution is -2.34. The number of esters is 1. The number of hydrogen-bond acceptors (Lipinski definition) is 5. The fraction of sp³-hybridized carbons (Fsp3) is 0.429. The normalized spacial score (nSPS) is 11.3. The lowest BCUT2D eigenvalue weighted by atomic mass is 10.4. The van der Waals surface area contributed by atoms with E-state index >= 15 is 0 Å². The van der Waals surface area contributed by atoms with E-state index in [1.807, 2.05) is 0 Å². The van der Waals surface area contributed by atoms with Crippen LogP contribution in [0.5, 0.6) is 0 Å². The van der Waals surface area contributed by atoms with Gasteiger partial charge in [0.25, 0.3) is 0 Å². The second-order valence-corrected chi connectivity index (χ2v) is 7.60. The van der Waals surface area contributed by atoms with Gasteiger partial charge in [-0.2, -0.15) is 0 Å². The van der Waals surface area contributed by atoms with E-state index in [-0.39, 0.29) is 30.5 Å². The number of rotatable bonds is 8. The van der Waals surface area contributed by atoms with Gasteiger partial charge in [-0.3, -0.25) is 9.59 Å². The molecule has 7 nitrogen and oxygen atoms in total. The molecule has 23 heavy (non-hydrogen) atoms. The smallest absolute Gasteiger partial charge is 0.325 e. The minimum atomic E-state index is -3.68. The van der Waals surface area contributed by atoms with Gasteiger partial charge in [0, 0.05) is 17.4 Å². The maximum absolute atomic E-state index is 12.0. The molecule has 1 amide bonds. The molecule has 0 aliphatic heterocycles. The summed E-state index contributed by atoms with van der Waals surface area (Å²) < 4.78 is 31.9. The van der Waals surface area contributed by atoms with Crippen LogP contribution in [0.4, 0.5) is 0 Å². The molecule has 0 aromatic heterocycles. The molecule has 0 saturated carbocycles. The number of nitrogens with one attached hydrogen (secondary N) is 2. The van der Waals surface area contributed by atoms with E-state index in [2.05, 4.69) is 26.0 Å². The van der Waals surface area contributed by atoms with Gasteiger partial charge in [0.15, 0.2) is 0 Å². The Hall–Kier alpha value is -1.45. The summed E-state index contributed by atoms with van der Waals surface area (Å²) in [5.41, 5.74) is 0. The summed E-state index contributed by atoms with van der Waals surface area (Å²) in [5, 5.41) is 2.37. The summed E-state index contributed by atoms with van der Waals surface area (Å²) in [7, 11) is -3.68. The first-order valence-corrected chi connectivity index (χ1v) is 9.20. The molecule has 0 radical (unpaired) electrons. The molecular formula is C14H19BrN2O5S. The highest BCUT2D eigenvalue weighted by Crippen LogP contribution is 2.15. The Labute approximate surface area is 144 Å². The Morgan fingerprint density at radius 2 is 2.00 bits per heavy atom. The fourth-order valence-corrected chi connectivity index (χ4v) is 3.21. The lowest BCUT2D eigenvalue weighted by molar-refractivity contribution is -0.147. The van der Waals surface area contributed by atoms with Crippen LogP contribution in [0.15, 0.2) is 33.6 Å². The van der Waals surface area contributed by atoms with Crippen molar-refractivity contribution in [2.24, 2.45) is 0 Å². The van der Waals surface area contributed by atoms with Gasteiger partial charge < -0.3 is 10.1 Å². The average molecular weight is 407 g/mol. The molecule has 0 spiro atoms. The van der Waals surface area contributed by atoms with Gasteiger partial charge in [-0.15, -0.1) is 0 Å². The van der Waals surface area contributed by atoms with Gasteiger partial charge in [-0.1, -0.05) is 22.0 Å². The summed E-state index contributed by atoms with van der Waals surface area (Å²) >= 11 is 3.20. The van der Waals surface area contributed by atoms with Crippen LogP contribution in [0.3, 0.4) is 0 Å². The van der Waals surface area contributed by atoms with Crippen LogP contribution in [0, 0.1) is 0 Å². The van der Waals surface area contributed by atoms with Crippen LogP contribution in [0.25, 0.3) is 0 Å². The van der Waals surface area contributed by atoms with Crippen LogP contribution in [0.1, 0.15) is 20.3 Å². The van der Waals surface area contributed by atoms with Gasteiger partial charge in [0.2, 0.25) is 15.9 Å². The molecule has 2 N–H and O–H groups in total. The molecule has 0 aliphatic carbocycles. The Morgan fingerprint density at radius 3 is 2.61 bits per heavy atom. The van der Waals surface area contributed by atoms with Crippen molar-refractivity contribution in [1.82, 2.24) is 10.0 Å². The first-order chi connectivity index (χ1) is 10.7. The summed E-state index contributed by atoms with van der Waals surface area (Å²) in [6, 6.07) is 6.23. The highest BCUT2D eigenvalue weighted by molar-refractivity contribution is 9.10. The molecule has 1 aromatic carbocycles. The molecule has 0 aliphatic rings. The topological polar surface area (TPSA) is 102 Å². The number of hydrogen-bond donors (Lipinski definition) is 2. The fourth-order valence-electron chi connectivity index (χ4n) is 1.58. The summed E-state index contributed by atoms with van der Waals surface area (Å²) in [6.07, 6.45) is -0.334. The largest absolute Gasteiger partial charge is 0.462 e. The Kier molecular flexibility index (Phi) is 7.66. The number of amides is 1. The average Bonchev–Trinajstić information content (AvgIpc) is 2.44. The highest BCUT2D eigenvalue weighted by atomic mass is 79.9. The first-order valence-electron chi connectivity index (χ1n) is 6.92. The number of benzene rings is 1. The number of carbonyl (C=O) groups excluding carboxylic acids is 2. The highest BCUT2D eigenvalue weighted by Gasteiger charge is 2.14. The van der Waals surface area contributed by atoms with Gasteiger partial charge in [0.05, 0.1) is 11.0 Å². The molecule has 1 aromatic rings. The molecule has 0 heterocycles. The van der Waals surface area contributed by atoms with Crippen molar-refractivity contribution in [3.8, 4) is 0 Å². The van der Waals surface area contributed by atoms with Crippen LogP contribution in [0.2, 0.25) is 0 Å². The third-order valence-corrected chi connectivity index (χ3v) is 4.50. The number of sulfonamides is 1. The van der Waals surface area contributed by atoms with Crippen molar-refractivity contribution in [3.63, 3.8) is 0 Å². The number of carbonyl (C=O) groups is 2. The van der Waals surface area contributed by atoms with Gasteiger partial charge >= 0.3 is 5.97 Å². The van der Waals surface area contributed by atoms with E-state index < -0.39 is 21.9 Å². The molecule has 0 fully saturated rings. The summed E-state index contributed by atoms with van der Waals surface area (Å²) in [5.74, 6) is -0.981. The second kappa shape index (κ2) is 8.99. The molecule has 1 rings (SSSR count). The first kappa shape index (κ1) is 19.6. The van der Waals surface area contributed by atoms with Crippen molar-refractivity contribution in [3.05, 3.63) is 28.7 Å². The van der Waals surface area contributed by atoms with E-state index in [9.17, 15) is 18.0 Å². The quantitative estimate of drug-likeness (QED) is 0.631. The molecular weight excluding hydrogens is 388 g/mol. The van der Waals surface area contributed by atoms with E-state index in [1.165, 1.54) is 12.1 Å². The van der Waals surface area contributed by atoms with Crippen LogP contribution < -0.4 is 10.0 Å². The van der Waals surface area contributed by atoms with Crippen molar-refractivity contribution < 1.29 is 22.7 Å². The van der Waals surface area contributed by atoms with Crippen molar-refractivity contribution >= 4 is 37.8 Å². The SMILES string of the molecule is CC(C)OC(=O)CNC(=O)CCNS(=O)(=O)c1cccc(Br)c1. The predicted octanol–water partition coefficient (Wildman–Crippen LogP) is 1.19. The molecule has 0 saturated heterocycles. The molecule has 0 unspecified atom stereocenters. The minimum Gasteiger partial charge on any atom is -0.462 e. The Bertz CT molecular complexity index is 661. The zero-order valence-electron chi connectivity index (χ0n) is 12.8. The van der Waals surface area contributed by atoms with Crippen molar-refractivity contribution in [2.45, 2.75) is 31.3 Å². The van der Waals surface area contributed by atoms with E-state index in [0.717, 1.165) is 0 Å². The van der Waals surface area contributed by atoms with Crippen LogP contribution in [-0.4, -0.2) is 39.5 Å². The standard InChI is InChI=1S/C14H19BrN2O5S/c1-10(2)22-14(19)9-16-13(18)6-7-17-23(20,21)12-5-3-4-11(15)8-12/h3-5,8,10,17H,6-7,9H2,1-2H3,(H,16,18). The Morgan fingerprint density at radius 1 is 1.30 bits per heavy atom. The number of halogens is 1. The van der Waals surface area contributed by atoms with Gasteiger partial charge in [0.1, 0.15) is 6.54 Å². The van der Waals surface area contributed by atoms with E-state index in [4.69, 9.17) is 4.74 Å². The van der Waals surface area contributed by atoms with Crippen molar-refractivity contribution in [1.29, 1.82) is 0 Å².